The number of unbranched alkanes of at least 4 members (excludes halogenated alkanes) is 15. The minimum absolute atomic E-state index is 0.0259. The van der Waals surface area contributed by atoms with Gasteiger partial charge >= 0.3 is 7.82 Å². The highest BCUT2D eigenvalue weighted by atomic mass is 32.2. The fraction of sp³-hybridized carbons (Fsp3) is 1.00. The Kier molecular flexibility index (Phi) is 23.1. The predicted molar refractivity (Wildman–Crippen MR) is 144 cm³/mol. The van der Waals surface area contributed by atoms with Gasteiger partial charge in [-0.2, -0.15) is 11.8 Å². The second kappa shape index (κ2) is 22.9. The van der Waals surface area contributed by atoms with E-state index in [0.29, 0.717) is 5.92 Å². The first-order valence-corrected chi connectivity index (χ1v) is 16.5. The molecule has 1 aliphatic rings. The zero-order valence-corrected chi connectivity index (χ0v) is 23.3. The summed E-state index contributed by atoms with van der Waals surface area (Å²) < 4.78 is 8.88. The maximum Gasteiger partial charge on any atom is 0.466 e. The van der Waals surface area contributed by atoms with Crippen LogP contribution in [0.2, 0.25) is 0 Å². The van der Waals surface area contributed by atoms with Crippen LogP contribution in [0.1, 0.15) is 142 Å². The van der Waals surface area contributed by atoms with E-state index in [1.54, 1.807) is 0 Å². The lowest BCUT2D eigenvalue weighted by atomic mass is 9.84. The van der Waals surface area contributed by atoms with Gasteiger partial charge < -0.3 is 19.8 Å². The third kappa shape index (κ3) is 23.9. The quantitative estimate of drug-likeness (QED) is 0.104. The van der Waals surface area contributed by atoms with E-state index in [9.17, 15) is 5.11 Å². The maximum atomic E-state index is 10.2. The maximum absolute atomic E-state index is 10.2. The van der Waals surface area contributed by atoms with Crippen molar-refractivity contribution >= 4 is 19.6 Å². The summed E-state index contributed by atoms with van der Waals surface area (Å²) in [6.07, 6.45) is 27.9. The predicted octanol–water partition coefficient (Wildman–Crippen LogP) is 7.99. The summed E-state index contributed by atoms with van der Waals surface area (Å²) in [7, 11) is -4.64. The van der Waals surface area contributed by atoms with Crippen molar-refractivity contribution in [2.24, 2.45) is 5.92 Å². The summed E-state index contributed by atoms with van der Waals surface area (Å²) in [4.78, 5) is 21.6. The van der Waals surface area contributed by atoms with Gasteiger partial charge in [0.15, 0.2) is 0 Å². The fourth-order valence-electron chi connectivity index (χ4n) is 4.83. The molecular formula is C26H55O5PS. The number of hydrogen-bond acceptors (Lipinski definition) is 3. The number of rotatable bonds is 19. The average molecular weight is 511 g/mol. The van der Waals surface area contributed by atoms with Crippen LogP contribution >= 0.6 is 19.6 Å². The van der Waals surface area contributed by atoms with Crippen molar-refractivity contribution in [2.45, 2.75) is 154 Å². The first-order chi connectivity index (χ1) is 15.8. The number of aliphatic hydroxyl groups excluding tert-OH is 1. The molecule has 1 fully saturated rings. The molecular weight excluding hydrogens is 455 g/mol. The van der Waals surface area contributed by atoms with Crippen molar-refractivity contribution in [3.63, 3.8) is 0 Å². The van der Waals surface area contributed by atoms with Gasteiger partial charge in [-0.05, 0) is 43.8 Å². The number of hydrogen-bond donors (Lipinski definition) is 4. The van der Waals surface area contributed by atoms with Gasteiger partial charge in [0, 0.05) is 5.25 Å². The Hall–Kier alpha value is 0.420. The average Bonchev–Trinajstić information content (AvgIpc) is 2.75. The molecule has 0 heterocycles. The van der Waals surface area contributed by atoms with Gasteiger partial charge in [-0.3, -0.25) is 0 Å². The van der Waals surface area contributed by atoms with E-state index in [1.165, 1.54) is 121 Å². The zero-order valence-electron chi connectivity index (χ0n) is 21.6. The van der Waals surface area contributed by atoms with Crippen LogP contribution in [0.4, 0.5) is 0 Å². The lowest BCUT2D eigenvalue weighted by Gasteiger charge is -2.34. The van der Waals surface area contributed by atoms with Crippen molar-refractivity contribution in [3.8, 4) is 0 Å². The molecule has 0 amide bonds. The molecule has 0 radical (unpaired) electrons. The molecule has 0 aromatic rings. The lowest BCUT2D eigenvalue weighted by Crippen LogP contribution is -2.34. The Morgan fingerprint density at radius 3 is 1.48 bits per heavy atom. The summed E-state index contributed by atoms with van der Waals surface area (Å²) in [6, 6.07) is 0. The molecule has 3 unspecified atom stereocenters. The molecule has 4 N–H and O–H groups in total. The van der Waals surface area contributed by atoms with Gasteiger partial charge in [-0.25, -0.2) is 4.57 Å². The highest BCUT2D eigenvalue weighted by molar-refractivity contribution is 7.99. The van der Waals surface area contributed by atoms with Crippen LogP contribution in [0.5, 0.6) is 0 Å². The van der Waals surface area contributed by atoms with Crippen LogP contribution in [0.15, 0.2) is 0 Å². The van der Waals surface area contributed by atoms with E-state index in [-0.39, 0.29) is 6.10 Å². The summed E-state index contributed by atoms with van der Waals surface area (Å²) in [5.41, 5.74) is 0. The molecule has 0 aromatic carbocycles. The Morgan fingerprint density at radius 2 is 1.09 bits per heavy atom. The van der Waals surface area contributed by atoms with Crippen LogP contribution in [-0.4, -0.2) is 36.9 Å². The van der Waals surface area contributed by atoms with Crippen molar-refractivity contribution in [3.05, 3.63) is 0 Å². The standard InChI is InChI=1S/C26H52OS.H3O4P/c1-3-5-6-7-8-9-10-11-12-13-14-15-16-17-18-19-23-28-26-22-20-21-25(27)24(26)4-2;1-5(2,3)4/h24-27H,3-23H2,1-2H3;(H3,1,2,3,4). The van der Waals surface area contributed by atoms with E-state index in [4.69, 9.17) is 19.2 Å². The number of aliphatic hydroxyl groups is 1. The SMILES string of the molecule is CCCCCCCCCCCCCCCCCCSC1CCCC(O)C1CC.O=P(O)(O)O. The molecule has 0 aliphatic heterocycles. The summed E-state index contributed by atoms with van der Waals surface area (Å²) in [6.45, 7) is 4.55. The van der Waals surface area contributed by atoms with Crippen LogP contribution in [0, 0.1) is 5.92 Å². The molecule has 1 saturated carbocycles. The largest absolute Gasteiger partial charge is 0.466 e. The van der Waals surface area contributed by atoms with Crippen LogP contribution in [0.25, 0.3) is 0 Å². The van der Waals surface area contributed by atoms with E-state index in [2.05, 4.69) is 25.6 Å². The van der Waals surface area contributed by atoms with E-state index in [0.717, 1.165) is 18.1 Å². The molecule has 0 saturated heterocycles. The summed E-state index contributed by atoms with van der Waals surface area (Å²) in [5, 5.41) is 10.9. The van der Waals surface area contributed by atoms with Gasteiger partial charge in [0.2, 0.25) is 0 Å². The van der Waals surface area contributed by atoms with Gasteiger partial charge in [-0.1, -0.05) is 110 Å². The van der Waals surface area contributed by atoms with E-state index >= 15 is 0 Å². The lowest BCUT2D eigenvalue weighted by molar-refractivity contribution is 0.0720. The van der Waals surface area contributed by atoms with E-state index in [1.807, 2.05) is 0 Å². The molecule has 1 rings (SSSR count). The van der Waals surface area contributed by atoms with Crippen LogP contribution < -0.4 is 0 Å². The topological polar surface area (TPSA) is 98.0 Å². The highest BCUT2D eigenvalue weighted by Crippen LogP contribution is 2.36. The number of thioether (sulfide) groups is 1. The zero-order chi connectivity index (χ0) is 24.8. The van der Waals surface area contributed by atoms with Crippen LogP contribution in [-0.2, 0) is 4.57 Å². The highest BCUT2D eigenvalue weighted by Gasteiger charge is 2.30. The summed E-state index contributed by atoms with van der Waals surface area (Å²) in [5.74, 6) is 1.87. The molecule has 33 heavy (non-hydrogen) atoms. The van der Waals surface area contributed by atoms with Crippen molar-refractivity contribution in [2.75, 3.05) is 5.75 Å². The van der Waals surface area contributed by atoms with E-state index < -0.39 is 7.82 Å². The monoisotopic (exact) mass is 510 g/mol. The Morgan fingerprint density at radius 1 is 0.697 bits per heavy atom. The Balaban J connectivity index is 0.00000184. The smallest absolute Gasteiger partial charge is 0.393 e. The summed E-state index contributed by atoms with van der Waals surface area (Å²) >= 11 is 2.16. The molecule has 0 aromatic heterocycles. The second-order valence-electron chi connectivity index (χ2n) is 9.80. The number of phosphoric acid groups is 1. The van der Waals surface area contributed by atoms with Gasteiger partial charge in [0.25, 0.3) is 0 Å². The first-order valence-electron chi connectivity index (χ1n) is 13.9. The molecule has 5 nitrogen and oxygen atoms in total. The van der Waals surface area contributed by atoms with Crippen molar-refractivity contribution < 1.29 is 24.4 Å². The fourth-order valence-corrected chi connectivity index (χ4v) is 6.46. The van der Waals surface area contributed by atoms with Gasteiger partial charge in [-0.15, -0.1) is 0 Å². The molecule has 0 spiro atoms. The molecule has 200 valence electrons. The first kappa shape index (κ1) is 33.4. The van der Waals surface area contributed by atoms with Crippen molar-refractivity contribution in [1.82, 2.24) is 0 Å². The van der Waals surface area contributed by atoms with Gasteiger partial charge in [0.05, 0.1) is 6.10 Å². The normalized spacial score (nSPS) is 21.0. The van der Waals surface area contributed by atoms with Crippen molar-refractivity contribution in [1.29, 1.82) is 0 Å². The Labute approximate surface area is 209 Å². The third-order valence-corrected chi connectivity index (χ3v) is 8.30. The molecule has 3 atom stereocenters. The Bertz CT molecular complexity index is 452. The third-order valence-electron chi connectivity index (χ3n) is 6.76. The molecule has 7 heteroatoms. The van der Waals surface area contributed by atoms with Gasteiger partial charge in [0.1, 0.15) is 0 Å². The minimum Gasteiger partial charge on any atom is -0.393 e. The molecule has 0 bridgehead atoms. The minimum atomic E-state index is -4.64. The molecule has 1 aliphatic carbocycles. The second-order valence-corrected chi connectivity index (χ2v) is 12.2. The van der Waals surface area contributed by atoms with Crippen LogP contribution in [0.3, 0.4) is 0 Å².